The topological polar surface area (TPSA) is 132 Å². The third-order valence-electron chi connectivity index (χ3n) is 4.03. The first-order chi connectivity index (χ1) is 15.4. The normalized spacial score (nSPS) is 11.6. The van der Waals surface area contributed by atoms with Crippen LogP contribution in [0.3, 0.4) is 0 Å². The van der Waals surface area contributed by atoms with Crippen molar-refractivity contribution in [3.8, 4) is 5.82 Å². The first-order valence-corrected chi connectivity index (χ1v) is 9.74. The number of pyridine rings is 2. The van der Waals surface area contributed by atoms with Gasteiger partial charge in [0.05, 0.1) is 17.8 Å². The van der Waals surface area contributed by atoms with Gasteiger partial charge in [0, 0.05) is 18.0 Å². The molecule has 0 fully saturated rings. The zero-order chi connectivity index (χ0) is 22.6. The van der Waals surface area contributed by atoms with Crippen LogP contribution in [0.15, 0.2) is 60.4 Å². The fourth-order valence-electron chi connectivity index (χ4n) is 2.71. The molecule has 0 radical (unpaired) electrons. The van der Waals surface area contributed by atoms with Gasteiger partial charge in [0.2, 0.25) is 0 Å². The summed E-state index contributed by atoms with van der Waals surface area (Å²) in [6, 6.07) is 8.97. The molecular formula is C21H21N9O2. The molecule has 0 saturated heterocycles. The summed E-state index contributed by atoms with van der Waals surface area (Å²) in [6.07, 6.45) is 7.37. The van der Waals surface area contributed by atoms with Crippen LogP contribution < -0.4 is 10.7 Å². The fraction of sp³-hybridized carbons (Fsp3) is 0.190. The lowest BCUT2D eigenvalue weighted by Crippen LogP contribution is -2.27. The number of aromatic nitrogens is 6. The van der Waals surface area contributed by atoms with Crippen molar-refractivity contribution in [1.29, 1.82) is 0 Å². The highest BCUT2D eigenvalue weighted by molar-refractivity contribution is 5.88. The van der Waals surface area contributed by atoms with E-state index in [9.17, 15) is 4.79 Å². The van der Waals surface area contributed by atoms with Gasteiger partial charge in [-0.1, -0.05) is 6.07 Å². The molecule has 0 bridgehead atoms. The Morgan fingerprint density at radius 1 is 1.09 bits per heavy atom. The van der Waals surface area contributed by atoms with Crippen LogP contribution in [0.1, 0.15) is 26.3 Å². The summed E-state index contributed by atoms with van der Waals surface area (Å²) < 4.78 is 6.83. The Labute approximate surface area is 183 Å². The van der Waals surface area contributed by atoms with E-state index >= 15 is 0 Å². The minimum atomic E-state index is -0.580. The number of hydrogen-bond donors (Lipinski definition) is 2. The van der Waals surface area contributed by atoms with Crippen molar-refractivity contribution in [2.75, 3.05) is 10.7 Å². The monoisotopic (exact) mass is 431 g/mol. The second-order valence-electron chi connectivity index (χ2n) is 7.68. The van der Waals surface area contributed by atoms with E-state index in [4.69, 9.17) is 4.74 Å². The van der Waals surface area contributed by atoms with E-state index in [0.29, 0.717) is 28.5 Å². The average molecular weight is 431 g/mol. The van der Waals surface area contributed by atoms with Gasteiger partial charge in [-0.2, -0.15) is 14.9 Å². The van der Waals surface area contributed by atoms with Crippen LogP contribution in [0, 0.1) is 0 Å². The highest BCUT2D eigenvalue weighted by Crippen LogP contribution is 2.20. The molecule has 11 heteroatoms. The number of nitrogens with one attached hydrogen (secondary N) is 2. The van der Waals surface area contributed by atoms with Gasteiger partial charge in [-0.05, 0) is 45.0 Å². The Morgan fingerprint density at radius 2 is 1.97 bits per heavy atom. The average Bonchev–Trinajstić information content (AvgIpc) is 3.19. The zero-order valence-electron chi connectivity index (χ0n) is 17.7. The summed E-state index contributed by atoms with van der Waals surface area (Å²) >= 11 is 0. The number of rotatable bonds is 5. The summed E-state index contributed by atoms with van der Waals surface area (Å²) in [5, 5.41) is 11.8. The molecular weight excluding hydrogens is 410 g/mol. The van der Waals surface area contributed by atoms with Crippen LogP contribution in [0.5, 0.6) is 0 Å². The third-order valence-corrected chi connectivity index (χ3v) is 4.03. The molecule has 162 valence electrons. The molecule has 4 aromatic heterocycles. The predicted octanol–water partition coefficient (Wildman–Crippen LogP) is 3.40. The smallest absolute Gasteiger partial charge is 0.413 e. The van der Waals surface area contributed by atoms with E-state index in [1.807, 2.05) is 18.2 Å². The van der Waals surface area contributed by atoms with Crippen LogP contribution in [0.4, 0.5) is 16.4 Å². The van der Waals surface area contributed by atoms with Gasteiger partial charge < -0.3 is 4.74 Å². The van der Waals surface area contributed by atoms with Crippen molar-refractivity contribution in [2.45, 2.75) is 26.4 Å². The molecule has 0 aliphatic rings. The number of carbonyl (C=O) groups is 1. The van der Waals surface area contributed by atoms with Crippen molar-refractivity contribution < 1.29 is 9.53 Å². The predicted molar refractivity (Wildman–Crippen MR) is 120 cm³/mol. The standard InChI is InChI=1S/C21H21N9O2/c1-21(2,3)32-20(31)28-16-8-7-14(10-23-16)11-26-29-18-15-12-27-30(19(15)25-13-24-18)17-6-4-5-9-22-17/h4-13H,1-3H3,(H,23,28,31)(H,24,25,29)/b26-11+. The molecule has 0 saturated carbocycles. The van der Waals surface area contributed by atoms with Crippen molar-refractivity contribution >= 4 is 35.0 Å². The first kappa shape index (κ1) is 20.8. The zero-order valence-corrected chi connectivity index (χ0v) is 17.7. The second-order valence-corrected chi connectivity index (χ2v) is 7.68. The Kier molecular flexibility index (Phi) is 5.71. The molecule has 0 aliphatic carbocycles. The lowest BCUT2D eigenvalue weighted by molar-refractivity contribution is 0.0635. The molecule has 11 nitrogen and oxygen atoms in total. The number of hydrogen-bond acceptors (Lipinski definition) is 9. The van der Waals surface area contributed by atoms with Gasteiger partial charge in [-0.25, -0.2) is 24.7 Å². The van der Waals surface area contributed by atoms with Gasteiger partial charge in [-0.15, -0.1) is 0 Å². The molecule has 0 aromatic carbocycles. The van der Waals surface area contributed by atoms with Gasteiger partial charge in [-0.3, -0.25) is 10.7 Å². The van der Waals surface area contributed by atoms with Crippen LogP contribution in [-0.2, 0) is 4.74 Å². The van der Waals surface area contributed by atoms with Gasteiger partial charge in [0.25, 0.3) is 0 Å². The number of hydrazone groups is 1. The number of nitrogens with zero attached hydrogens (tertiary/aromatic N) is 7. The van der Waals surface area contributed by atoms with Crippen LogP contribution in [0.2, 0.25) is 0 Å². The second kappa shape index (κ2) is 8.76. The molecule has 4 heterocycles. The molecule has 0 spiro atoms. The lowest BCUT2D eigenvalue weighted by atomic mass is 10.2. The lowest BCUT2D eigenvalue weighted by Gasteiger charge is -2.19. The van der Waals surface area contributed by atoms with Gasteiger partial charge in [0.1, 0.15) is 17.7 Å². The van der Waals surface area contributed by atoms with Gasteiger partial charge in [0.15, 0.2) is 17.3 Å². The van der Waals surface area contributed by atoms with E-state index in [1.54, 1.807) is 62.4 Å². The largest absolute Gasteiger partial charge is 0.444 e. The van der Waals surface area contributed by atoms with Crippen molar-refractivity contribution in [2.24, 2.45) is 5.10 Å². The molecule has 4 rings (SSSR count). The Morgan fingerprint density at radius 3 is 2.69 bits per heavy atom. The van der Waals surface area contributed by atoms with Crippen LogP contribution in [0.25, 0.3) is 16.9 Å². The minimum Gasteiger partial charge on any atom is -0.444 e. The Bertz CT molecular complexity index is 1250. The number of fused-ring (bicyclic) bond motifs is 1. The van der Waals surface area contributed by atoms with E-state index in [1.165, 1.54) is 6.33 Å². The SMILES string of the molecule is CC(C)(C)OC(=O)Nc1ccc(/C=N/Nc2ncnc3c2cnn3-c2ccccn2)cn1. The number of carbonyl (C=O) groups excluding carboxylic acids is 1. The number of anilines is 2. The first-order valence-electron chi connectivity index (χ1n) is 9.74. The molecule has 0 aliphatic heterocycles. The van der Waals surface area contributed by atoms with Crippen molar-refractivity contribution in [3.63, 3.8) is 0 Å². The number of amides is 1. The van der Waals surface area contributed by atoms with E-state index in [-0.39, 0.29) is 0 Å². The maximum atomic E-state index is 11.8. The molecule has 32 heavy (non-hydrogen) atoms. The third kappa shape index (κ3) is 5.01. The highest BCUT2D eigenvalue weighted by atomic mass is 16.6. The van der Waals surface area contributed by atoms with Crippen LogP contribution >= 0.6 is 0 Å². The molecule has 1 amide bonds. The van der Waals surface area contributed by atoms with Gasteiger partial charge >= 0.3 is 6.09 Å². The van der Waals surface area contributed by atoms with Crippen LogP contribution in [-0.4, -0.2) is 47.6 Å². The molecule has 0 unspecified atom stereocenters. The summed E-state index contributed by atoms with van der Waals surface area (Å²) in [6.45, 7) is 5.38. The summed E-state index contributed by atoms with van der Waals surface area (Å²) in [5.74, 6) is 1.54. The van der Waals surface area contributed by atoms with E-state index in [2.05, 4.69) is 40.9 Å². The summed E-state index contributed by atoms with van der Waals surface area (Å²) in [5.41, 5.74) is 3.65. The molecule has 0 atom stereocenters. The van der Waals surface area contributed by atoms with E-state index < -0.39 is 11.7 Å². The van der Waals surface area contributed by atoms with E-state index in [0.717, 1.165) is 5.56 Å². The minimum absolute atomic E-state index is 0.379. The number of ether oxygens (including phenoxy) is 1. The molecule has 4 aromatic rings. The van der Waals surface area contributed by atoms with Crippen molar-refractivity contribution in [3.05, 3.63) is 60.8 Å². The maximum absolute atomic E-state index is 11.8. The summed E-state index contributed by atoms with van der Waals surface area (Å²) in [7, 11) is 0. The Hall–Kier alpha value is -4.41. The Balaban J connectivity index is 1.43. The van der Waals surface area contributed by atoms with Crippen molar-refractivity contribution in [1.82, 2.24) is 29.7 Å². The fourth-order valence-corrected chi connectivity index (χ4v) is 2.71. The maximum Gasteiger partial charge on any atom is 0.413 e. The quantitative estimate of drug-likeness (QED) is 0.363. The molecule has 2 N–H and O–H groups in total. The highest BCUT2D eigenvalue weighted by Gasteiger charge is 2.16. The summed E-state index contributed by atoms with van der Waals surface area (Å²) in [4.78, 5) is 28.8.